The zero-order chi connectivity index (χ0) is 15.8. The summed E-state index contributed by atoms with van der Waals surface area (Å²) in [5, 5.41) is 9.24. The lowest BCUT2D eigenvalue weighted by molar-refractivity contribution is 0.0697. The van der Waals surface area contributed by atoms with Crippen LogP contribution in [0.2, 0.25) is 5.04 Å². The number of carboxylic acid groups (broad SMARTS) is 1. The molecule has 2 rings (SSSR count). The number of rotatable bonds is 4. The molecule has 0 amide bonds. The molecule has 21 heavy (non-hydrogen) atoms. The van der Waals surface area contributed by atoms with Gasteiger partial charge in [-0.1, -0.05) is 20.8 Å². The Bertz CT molecular complexity index is 671. The van der Waals surface area contributed by atoms with Gasteiger partial charge in [-0.05, 0) is 37.1 Å². The second-order valence-corrected chi connectivity index (χ2v) is 9.68. The van der Waals surface area contributed by atoms with E-state index in [1.807, 2.05) is 13.8 Å². The number of imidazole rings is 1. The van der Waals surface area contributed by atoms with Crippen molar-refractivity contribution in [2.75, 3.05) is 0 Å². The van der Waals surface area contributed by atoms with Crippen molar-refractivity contribution in [3.8, 4) is 0 Å². The fourth-order valence-corrected chi connectivity index (χ4v) is 2.82. The number of aromatic nitrogens is 2. The predicted octanol–water partition coefficient (Wildman–Crippen LogP) is 2.82. The van der Waals surface area contributed by atoms with Crippen LogP contribution >= 0.6 is 0 Å². The molecule has 6 heteroatoms. The maximum Gasteiger partial charge on any atom is 0.335 e. The number of carbonyl (C=O) groups is 1. The number of nitrogens with zero attached hydrogens (tertiary/aromatic N) is 1. The quantitative estimate of drug-likeness (QED) is 0.852. The summed E-state index contributed by atoms with van der Waals surface area (Å²) in [6.07, 6.45) is 0. The summed E-state index contributed by atoms with van der Waals surface area (Å²) in [4.78, 5) is 18.7. The molecule has 1 aromatic heterocycles. The lowest BCUT2D eigenvalue weighted by atomic mass is 10.1. The number of hydrogen-bond donors (Lipinski definition) is 2. The average Bonchev–Trinajstić information content (AvgIpc) is 2.79. The van der Waals surface area contributed by atoms with Crippen LogP contribution < -0.4 is 0 Å². The van der Waals surface area contributed by atoms with Crippen LogP contribution in [0.5, 0.6) is 0 Å². The first kappa shape index (κ1) is 15.7. The normalized spacial score (nSPS) is 13.4. The number of aromatic amines is 1. The number of carboxylic acids is 1. The molecular weight excluding hydrogens is 284 g/mol. The molecule has 0 atom stereocenters. The molecule has 0 aliphatic rings. The minimum Gasteiger partial charge on any atom is -0.478 e. The van der Waals surface area contributed by atoms with Crippen LogP contribution in [0.25, 0.3) is 11.0 Å². The van der Waals surface area contributed by atoms with Gasteiger partial charge in [0, 0.05) is 0 Å². The fraction of sp³-hybridized carbons (Fsp3) is 0.467. The number of aromatic carboxylic acids is 1. The Kier molecular flexibility index (Phi) is 3.95. The second-order valence-electron chi connectivity index (χ2n) is 6.98. The van der Waals surface area contributed by atoms with Crippen molar-refractivity contribution in [3.05, 3.63) is 29.6 Å². The van der Waals surface area contributed by atoms with E-state index in [-0.39, 0.29) is 10.6 Å². The Balaban J connectivity index is 2.31. The highest BCUT2D eigenvalue weighted by Gasteiger charge is 2.27. The minimum atomic E-state index is -0.947. The molecule has 2 aromatic rings. The van der Waals surface area contributed by atoms with Gasteiger partial charge in [-0.2, -0.15) is 0 Å². The van der Waals surface area contributed by atoms with Gasteiger partial charge in [0.05, 0.1) is 16.6 Å². The Hall–Kier alpha value is -1.66. The molecule has 0 saturated carbocycles. The monoisotopic (exact) mass is 306 g/mol. The van der Waals surface area contributed by atoms with E-state index in [0.717, 1.165) is 11.3 Å². The maximum absolute atomic E-state index is 11.0. The third-order valence-electron chi connectivity index (χ3n) is 3.17. The molecule has 0 unspecified atom stereocenters. The smallest absolute Gasteiger partial charge is 0.335 e. The van der Waals surface area contributed by atoms with Crippen LogP contribution in [0.3, 0.4) is 0 Å². The molecule has 0 saturated heterocycles. The number of H-pyrrole nitrogens is 1. The molecule has 0 aliphatic heterocycles. The molecular formula is C15H22N2O3Si. The number of hydrogen-bond acceptors (Lipinski definition) is 3. The van der Waals surface area contributed by atoms with Crippen molar-refractivity contribution >= 4 is 26.8 Å². The average molecular weight is 306 g/mol. The number of benzene rings is 1. The predicted molar refractivity (Wildman–Crippen MR) is 85.4 cm³/mol. The zero-order valence-corrected chi connectivity index (χ0v) is 14.6. The summed E-state index contributed by atoms with van der Waals surface area (Å²) in [5.74, 6) is -0.214. The zero-order valence-electron chi connectivity index (χ0n) is 13.2. The molecule has 0 bridgehead atoms. The Morgan fingerprint density at radius 1 is 1.29 bits per heavy atom. The van der Waals surface area contributed by atoms with E-state index >= 15 is 0 Å². The van der Waals surface area contributed by atoms with Crippen molar-refractivity contribution in [2.24, 2.45) is 0 Å². The summed E-state index contributed by atoms with van der Waals surface area (Å²) >= 11 is 0. The molecule has 0 radical (unpaired) electrons. The number of fused-ring (bicyclic) bond motifs is 1. The summed E-state index contributed by atoms with van der Waals surface area (Å²) in [6, 6.07) is 4.89. The third-order valence-corrected chi connectivity index (χ3v) is 4.90. The summed E-state index contributed by atoms with van der Waals surface area (Å²) < 4.78 is 6.12. The van der Waals surface area contributed by atoms with E-state index in [4.69, 9.17) is 9.53 Å². The van der Waals surface area contributed by atoms with Crippen LogP contribution in [-0.2, 0) is 10.0 Å². The minimum absolute atomic E-state index is 0.208. The standard InChI is InChI=1S/C15H22N2O3Si/c1-14(2,3)21-20-15(4,5)13-16-10-7-6-9(12(18)19)8-11(10)17-13/h6-8H,21H2,1-5H3,(H,16,17)(H,18,19). The Morgan fingerprint density at radius 2 is 1.95 bits per heavy atom. The lowest BCUT2D eigenvalue weighted by Gasteiger charge is -2.28. The van der Waals surface area contributed by atoms with E-state index in [2.05, 4.69) is 30.7 Å². The van der Waals surface area contributed by atoms with Crippen LogP contribution in [0.15, 0.2) is 18.2 Å². The van der Waals surface area contributed by atoms with E-state index < -0.39 is 21.3 Å². The van der Waals surface area contributed by atoms with Gasteiger partial charge >= 0.3 is 5.97 Å². The topological polar surface area (TPSA) is 75.2 Å². The van der Waals surface area contributed by atoms with Gasteiger partial charge in [0.2, 0.25) is 0 Å². The summed E-state index contributed by atoms with van der Waals surface area (Å²) in [6.45, 7) is 10.5. The van der Waals surface area contributed by atoms with Crippen LogP contribution in [0.4, 0.5) is 0 Å². The summed E-state index contributed by atoms with van der Waals surface area (Å²) in [5.41, 5.74) is 1.22. The van der Waals surface area contributed by atoms with Gasteiger partial charge in [-0.25, -0.2) is 9.78 Å². The molecule has 0 fully saturated rings. The first-order chi connectivity index (χ1) is 9.58. The highest BCUT2D eigenvalue weighted by atomic mass is 28.2. The first-order valence-corrected chi connectivity index (χ1v) is 8.24. The molecule has 114 valence electrons. The molecule has 5 nitrogen and oxygen atoms in total. The maximum atomic E-state index is 11.0. The molecule has 0 aliphatic carbocycles. The van der Waals surface area contributed by atoms with Crippen molar-refractivity contribution < 1.29 is 14.3 Å². The molecule has 2 N–H and O–H groups in total. The van der Waals surface area contributed by atoms with Crippen molar-refractivity contribution in [1.29, 1.82) is 0 Å². The van der Waals surface area contributed by atoms with Gasteiger partial charge in [-0.3, -0.25) is 0 Å². The Labute approximate surface area is 126 Å². The molecule has 1 heterocycles. The lowest BCUT2D eigenvalue weighted by Crippen LogP contribution is -2.28. The molecule has 0 spiro atoms. The van der Waals surface area contributed by atoms with Crippen LogP contribution in [0, 0.1) is 0 Å². The van der Waals surface area contributed by atoms with E-state index in [1.54, 1.807) is 18.2 Å². The Morgan fingerprint density at radius 3 is 2.52 bits per heavy atom. The van der Waals surface area contributed by atoms with Gasteiger partial charge in [0.1, 0.15) is 11.4 Å². The molecule has 1 aromatic carbocycles. The van der Waals surface area contributed by atoms with Crippen molar-refractivity contribution in [3.63, 3.8) is 0 Å². The van der Waals surface area contributed by atoms with Crippen molar-refractivity contribution in [2.45, 2.75) is 45.3 Å². The third kappa shape index (κ3) is 3.71. The largest absolute Gasteiger partial charge is 0.478 e. The second kappa shape index (κ2) is 5.27. The van der Waals surface area contributed by atoms with Gasteiger partial charge in [0.25, 0.3) is 0 Å². The van der Waals surface area contributed by atoms with Gasteiger partial charge in [0.15, 0.2) is 9.76 Å². The highest BCUT2D eigenvalue weighted by Crippen LogP contribution is 2.29. The van der Waals surface area contributed by atoms with E-state index in [0.29, 0.717) is 5.52 Å². The SMILES string of the molecule is CC(C)(C)[SiH2]OC(C)(C)c1nc2cc(C(=O)O)ccc2[nH]1. The van der Waals surface area contributed by atoms with E-state index in [1.165, 1.54) is 0 Å². The van der Waals surface area contributed by atoms with Gasteiger partial charge < -0.3 is 14.5 Å². The van der Waals surface area contributed by atoms with Crippen molar-refractivity contribution in [1.82, 2.24) is 9.97 Å². The fourth-order valence-electron chi connectivity index (χ4n) is 1.89. The first-order valence-electron chi connectivity index (χ1n) is 6.96. The van der Waals surface area contributed by atoms with Gasteiger partial charge in [-0.15, -0.1) is 0 Å². The number of nitrogens with one attached hydrogen (secondary N) is 1. The van der Waals surface area contributed by atoms with E-state index in [9.17, 15) is 4.79 Å². The summed E-state index contributed by atoms with van der Waals surface area (Å²) in [7, 11) is -0.709. The van der Waals surface area contributed by atoms with Crippen LogP contribution in [-0.4, -0.2) is 30.8 Å². The van der Waals surface area contributed by atoms with Crippen LogP contribution in [0.1, 0.15) is 50.8 Å². The highest BCUT2D eigenvalue weighted by molar-refractivity contribution is 6.31.